The molecule has 0 aliphatic carbocycles. The van der Waals surface area contributed by atoms with Gasteiger partial charge >= 0.3 is 0 Å². The first kappa shape index (κ1) is 20.7. The maximum atomic E-state index is 13.0. The van der Waals surface area contributed by atoms with Crippen molar-refractivity contribution in [1.29, 1.82) is 0 Å². The molecular weight excluding hydrogens is 414 g/mol. The molecule has 162 valence electrons. The van der Waals surface area contributed by atoms with Gasteiger partial charge in [0, 0.05) is 31.7 Å². The lowest BCUT2D eigenvalue weighted by atomic mass is 10.0. The standard InChI is InChI=1S/C27H27N3OS/c1-2-20-10-13-24-25(19-20)32-27(28-24)30-16-14-29(15-17-30)26(31)23-11-8-22(9-12-23)18-21-6-4-3-5-7-21/h3-13,19H,2,14-18H2,1H3. The lowest BCUT2D eigenvalue weighted by Gasteiger charge is -2.34. The van der Waals surface area contributed by atoms with Crippen LogP contribution in [0.4, 0.5) is 5.13 Å². The van der Waals surface area contributed by atoms with Crippen LogP contribution < -0.4 is 4.90 Å². The predicted octanol–water partition coefficient (Wildman–Crippen LogP) is 5.41. The molecule has 1 fully saturated rings. The van der Waals surface area contributed by atoms with Gasteiger partial charge in [-0.25, -0.2) is 4.98 Å². The molecule has 0 unspecified atom stereocenters. The van der Waals surface area contributed by atoms with E-state index in [0.29, 0.717) is 0 Å². The number of rotatable bonds is 5. The number of thiazole rings is 1. The zero-order chi connectivity index (χ0) is 21.9. The van der Waals surface area contributed by atoms with Gasteiger partial charge in [-0.3, -0.25) is 4.79 Å². The molecule has 32 heavy (non-hydrogen) atoms. The summed E-state index contributed by atoms with van der Waals surface area (Å²) in [4.78, 5) is 22.1. The summed E-state index contributed by atoms with van der Waals surface area (Å²) < 4.78 is 1.24. The van der Waals surface area contributed by atoms with Gasteiger partial charge in [0.05, 0.1) is 10.2 Å². The largest absolute Gasteiger partial charge is 0.345 e. The summed E-state index contributed by atoms with van der Waals surface area (Å²) in [6, 6.07) is 25.0. The Bertz CT molecular complexity index is 1210. The van der Waals surface area contributed by atoms with E-state index in [4.69, 9.17) is 4.98 Å². The number of benzene rings is 3. The Kier molecular flexibility index (Phi) is 5.91. The maximum Gasteiger partial charge on any atom is 0.253 e. The third kappa shape index (κ3) is 4.39. The molecule has 0 saturated carbocycles. The maximum absolute atomic E-state index is 13.0. The lowest BCUT2D eigenvalue weighted by Crippen LogP contribution is -2.48. The van der Waals surface area contributed by atoms with Crippen molar-refractivity contribution in [3.05, 3.63) is 95.1 Å². The van der Waals surface area contributed by atoms with Gasteiger partial charge in [0.2, 0.25) is 0 Å². The number of aromatic nitrogens is 1. The molecule has 0 spiro atoms. The normalized spacial score (nSPS) is 14.2. The van der Waals surface area contributed by atoms with E-state index >= 15 is 0 Å². The van der Waals surface area contributed by atoms with E-state index in [1.165, 1.54) is 21.4 Å². The molecule has 1 aliphatic heterocycles. The molecule has 0 bridgehead atoms. The average Bonchev–Trinajstić information content (AvgIpc) is 3.28. The molecule has 0 atom stereocenters. The summed E-state index contributed by atoms with van der Waals surface area (Å²) in [5, 5.41) is 1.06. The third-order valence-electron chi connectivity index (χ3n) is 6.14. The highest BCUT2D eigenvalue weighted by atomic mass is 32.1. The number of hydrogen-bond donors (Lipinski definition) is 0. The molecule has 4 nitrogen and oxygen atoms in total. The van der Waals surface area contributed by atoms with Crippen LogP contribution in [0, 0.1) is 0 Å². The van der Waals surface area contributed by atoms with Gasteiger partial charge in [-0.15, -0.1) is 0 Å². The Labute approximate surface area is 193 Å². The number of piperazine rings is 1. The Balaban J connectivity index is 1.21. The molecular formula is C27H27N3OS. The van der Waals surface area contributed by atoms with E-state index in [1.54, 1.807) is 11.3 Å². The van der Waals surface area contributed by atoms with Crippen LogP contribution in [0.3, 0.4) is 0 Å². The number of anilines is 1. The fourth-order valence-corrected chi connectivity index (χ4v) is 5.27. The van der Waals surface area contributed by atoms with Gasteiger partial charge in [0.15, 0.2) is 5.13 Å². The number of amides is 1. The van der Waals surface area contributed by atoms with Crippen LogP contribution in [-0.2, 0) is 12.8 Å². The zero-order valence-electron chi connectivity index (χ0n) is 18.3. The third-order valence-corrected chi connectivity index (χ3v) is 7.22. The monoisotopic (exact) mass is 441 g/mol. The predicted molar refractivity (Wildman–Crippen MR) is 133 cm³/mol. The Morgan fingerprint density at radius 2 is 1.56 bits per heavy atom. The van der Waals surface area contributed by atoms with Crippen LogP contribution in [-0.4, -0.2) is 42.0 Å². The Morgan fingerprint density at radius 3 is 2.28 bits per heavy atom. The van der Waals surface area contributed by atoms with Gasteiger partial charge in [-0.2, -0.15) is 0 Å². The highest BCUT2D eigenvalue weighted by Gasteiger charge is 2.24. The van der Waals surface area contributed by atoms with Crippen molar-refractivity contribution in [3.8, 4) is 0 Å². The average molecular weight is 442 g/mol. The second-order valence-corrected chi connectivity index (χ2v) is 9.30. The van der Waals surface area contributed by atoms with Crippen LogP contribution in [0.5, 0.6) is 0 Å². The number of carbonyl (C=O) groups is 1. The molecule has 1 saturated heterocycles. The zero-order valence-corrected chi connectivity index (χ0v) is 19.1. The van der Waals surface area contributed by atoms with E-state index in [0.717, 1.165) is 55.2 Å². The van der Waals surface area contributed by atoms with Gasteiger partial charge in [0.1, 0.15) is 0 Å². The van der Waals surface area contributed by atoms with Crippen molar-refractivity contribution in [2.24, 2.45) is 0 Å². The summed E-state index contributed by atoms with van der Waals surface area (Å²) in [5.41, 5.74) is 5.68. The number of aryl methyl sites for hydroxylation is 1. The first-order chi connectivity index (χ1) is 15.7. The number of carbonyl (C=O) groups excluding carboxylic acids is 1. The fraction of sp³-hybridized carbons (Fsp3) is 0.259. The van der Waals surface area contributed by atoms with Gasteiger partial charge in [-0.1, -0.05) is 66.8 Å². The van der Waals surface area contributed by atoms with E-state index in [1.807, 2.05) is 23.1 Å². The van der Waals surface area contributed by atoms with Crippen molar-refractivity contribution < 1.29 is 4.79 Å². The van der Waals surface area contributed by atoms with Crippen molar-refractivity contribution in [2.75, 3.05) is 31.1 Å². The summed E-state index contributed by atoms with van der Waals surface area (Å²) >= 11 is 1.75. The smallest absolute Gasteiger partial charge is 0.253 e. The first-order valence-corrected chi connectivity index (χ1v) is 12.1. The number of fused-ring (bicyclic) bond motifs is 1. The quantitative estimate of drug-likeness (QED) is 0.415. The Morgan fingerprint density at radius 1 is 0.875 bits per heavy atom. The fourth-order valence-electron chi connectivity index (χ4n) is 4.19. The van der Waals surface area contributed by atoms with Crippen LogP contribution >= 0.6 is 11.3 Å². The summed E-state index contributed by atoms with van der Waals surface area (Å²) in [6.45, 7) is 5.26. The van der Waals surface area contributed by atoms with E-state index < -0.39 is 0 Å². The van der Waals surface area contributed by atoms with E-state index in [2.05, 4.69) is 66.4 Å². The summed E-state index contributed by atoms with van der Waals surface area (Å²) in [5.74, 6) is 0.118. The SMILES string of the molecule is CCc1ccc2nc(N3CCN(C(=O)c4ccc(Cc5ccccc5)cc4)CC3)sc2c1. The van der Waals surface area contributed by atoms with Crippen LogP contribution in [0.15, 0.2) is 72.8 Å². The van der Waals surface area contributed by atoms with Crippen molar-refractivity contribution in [1.82, 2.24) is 9.88 Å². The van der Waals surface area contributed by atoms with Gasteiger partial charge < -0.3 is 9.80 Å². The highest BCUT2D eigenvalue weighted by Crippen LogP contribution is 2.30. The molecule has 2 heterocycles. The van der Waals surface area contributed by atoms with Crippen molar-refractivity contribution >= 4 is 32.6 Å². The minimum absolute atomic E-state index is 0.118. The molecule has 3 aromatic carbocycles. The van der Waals surface area contributed by atoms with Gasteiger partial charge in [0.25, 0.3) is 5.91 Å². The molecule has 1 amide bonds. The van der Waals surface area contributed by atoms with Crippen molar-refractivity contribution in [2.45, 2.75) is 19.8 Å². The second-order valence-electron chi connectivity index (χ2n) is 8.29. The van der Waals surface area contributed by atoms with Crippen LogP contribution in [0.25, 0.3) is 10.2 Å². The molecule has 0 radical (unpaired) electrons. The first-order valence-electron chi connectivity index (χ1n) is 11.3. The Hall–Kier alpha value is -3.18. The summed E-state index contributed by atoms with van der Waals surface area (Å²) in [7, 11) is 0. The van der Waals surface area contributed by atoms with E-state index in [-0.39, 0.29) is 5.91 Å². The second kappa shape index (κ2) is 9.13. The molecule has 5 heteroatoms. The highest BCUT2D eigenvalue weighted by molar-refractivity contribution is 7.22. The lowest BCUT2D eigenvalue weighted by molar-refractivity contribution is 0.0747. The topological polar surface area (TPSA) is 36.4 Å². The number of nitrogens with zero attached hydrogens (tertiary/aromatic N) is 3. The molecule has 5 rings (SSSR count). The van der Waals surface area contributed by atoms with Crippen LogP contribution in [0.2, 0.25) is 0 Å². The van der Waals surface area contributed by atoms with Crippen LogP contribution in [0.1, 0.15) is 34.0 Å². The van der Waals surface area contributed by atoms with Gasteiger partial charge in [-0.05, 0) is 53.8 Å². The molecule has 1 aliphatic rings. The molecule has 1 aromatic heterocycles. The summed E-state index contributed by atoms with van der Waals surface area (Å²) in [6.07, 6.45) is 1.92. The molecule has 4 aromatic rings. The molecule has 0 N–H and O–H groups in total. The minimum atomic E-state index is 0.118. The minimum Gasteiger partial charge on any atom is -0.345 e. The van der Waals surface area contributed by atoms with Crippen molar-refractivity contribution in [3.63, 3.8) is 0 Å². The number of hydrogen-bond acceptors (Lipinski definition) is 4. The van der Waals surface area contributed by atoms with E-state index in [9.17, 15) is 4.79 Å².